The molecule has 2 aromatic rings. The normalized spacial score (nSPS) is 12.8. The number of halogens is 6. The SMILES string of the molecule is NCCCCCCc1ccc2c(c1)C(=O)N(CCC(=O)O)CC(=O)N2Cc1cccc(NC(=O)CCN)c1.O=C(O)C(F)(F)F.O=C(O)C(F)(F)F. The Morgan fingerprint density at radius 3 is 1.90 bits per heavy atom. The van der Waals surface area contributed by atoms with Crippen LogP contribution in [-0.4, -0.2) is 94.4 Å². The number of aryl methyl sites for hydroxylation is 1. The molecular weight excluding hydrogens is 712 g/mol. The molecule has 1 aliphatic rings. The number of carboxylic acid groups (broad SMARTS) is 3. The first-order valence-electron chi connectivity index (χ1n) is 15.5. The van der Waals surface area contributed by atoms with Gasteiger partial charge in [-0.05, 0) is 61.2 Å². The number of amides is 3. The lowest BCUT2D eigenvalue weighted by atomic mass is 10.0. The van der Waals surface area contributed by atoms with Crippen LogP contribution < -0.4 is 21.7 Å². The number of anilines is 2. The lowest BCUT2D eigenvalue weighted by Gasteiger charge is -2.23. The monoisotopic (exact) mass is 751 g/mol. The van der Waals surface area contributed by atoms with E-state index in [1.807, 2.05) is 18.2 Å². The highest BCUT2D eigenvalue weighted by Crippen LogP contribution is 2.30. The second-order valence-electron chi connectivity index (χ2n) is 11.0. The molecule has 14 nitrogen and oxygen atoms in total. The number of carbonyl (C=O) groups is 6. The minimum absolute atomic E-state index is 0.0564. The molecule has 3 rings (SSSR count). The van der Waals surface area contributed by atoms with Gasteiger partial charge in [-0.3, -0.25) is 19.2 Å². The van der Waals surface area contributed by atoms with Gasteiger partial charge < -0.3 is 41.9 Å². The summed E-state index contributed by atoms with van der Waals surface area (Å²) in [6.45, 7) is 0.825. The average Bonchev–Trinajstić information content (AvgIpc) is 3.13. The summed E-state index contributed by atoms with van der Waals surface area (Å²) in [5.74, 6) is -7.41. The molecule has 52 heavy (non-hydrogen) atoms. The van der Waals surface area contributed by atoms with Gasteiger partial charge in [0.25, 0.3) is 5.91 Å². The van der Waals surface area contributed by atoms with E-state index in [0.29, 0.717) is 23.5 Å². The number of nitrogens with two attached hydrogens (primary N) is 2. The second kappa shape index (κ2) is 21.2. The van der Waals surface area contributed by atoms with E-state index in [9.17, 15) is 45.5 Å². The molecule has 20 heteroatoms. The zero-order valence-electron chi connectivity index (χ0n) is 27.6. The first kappa shape index (κ1) is 44.8. The van der Waals surface area contributed by atoms with Crippen molar-refractivity contribution in [3.8, 4) is 0 Å². The van der Waals surface area contributed by atoms with Gasteiger partial charge in [0.1, 0.15) is 6.54 Å². The smallest absolute Gasteiger partial charge is 0.481 e. The summed E-state index contributed by atoms with van der Waals surface area (Å²) in [6.07, 6.45) is -5.39. The van der Waals surface area contributed by atoms with E-state index in [1.54, 1.807) is 29.2 Å². The van der Waals surface area contributed by atoms with E-state index < -0.39 is 30.3 Å². The number of hydrogen-bond donors (Lipinski definition) is 6. The van der Waals surface area contributed by atoms with Crippen molar-refractivity contribution in [3.63, 3.8) is 0 Å². The van der Waals surface area contributed by atoms with Crippen LogP contribution in [0.2, 0.25) is 0 Å². The number of aliphatic carboxylic acids is 3. The summed E-state index contributed by atoms with van der Waals surface area (Å²) >= 11 is 0. The highest BCUT2D eigenvalue weighted by Gasteiger charge is 2.39. The van der Waals surface area contributed by atoms with Crippen molar-refractivity contribution < 1.29 is 70.4 Å². The summed E-state index contributed by atoms with van der Waals surface area (Å²) in [6, 6.07) is 12.7. The number of benzene rings is 2. The lowest BCUT2D eigenvalue weighted by molar-refractivity contribution is -0.193. The average molecular weight is 752 g/mol. The molecule has 0 saturated heterocycles. The van der Waals surface area contributed by atoms with Crippen molar-refractivity contribution in [3.05, 3.63) is 59.2 Å². The van der Waals surface area contributed by atoms with Gasteiger partial charge in [-0.1, -0.05) is 31.0 Å². The van der Waals surface area contributed by atoms with E-state index in [2.05, 4.69) is 5.32 Å². The molecule has 8 N–H and O–H groups in total. The molecule has 0 radical (unpaired) electrons. The number of nitrogens with one attached hydrogen (secondary N) is 1. The van der Waals surface area contributed by atoms with E-state index >= 15 is 0 Å². The maximum Gasteiger partial charge on any atom is 0.490 e. The van der Waals surface area contributed by atoms with Gasteiger partial charge in [-0.15, -0.1) is 0 Å². The minimum Gasteiger partial charge on any atom is -0.481 e. The van der Waals surface area contributed by atoms with Gasteiger partial charge in [0.15, 0.2) is 0 Å². The Morgan fingerprint density at radius 1 is 0.769 bits per heavy atom. The van der Waals surface area contributed by atoms with Crippen molar-refractivity contribution in [2.24, 2.45) is 11.5 Å². The van der Waals surface area contributed by atoms with Crippen LogP contribution in [0.15, 0.2) is 42.5 Å². The van der Waals surface area contributed by atoms with Crippen LogP contribution in [0.1, 0.15) is 60.0 Å². The summed E-state index contributed by atoms with van der Waals surface area (Å²) in [5, 5.41) is 26.2. The Balaban J connectivity index is 0.000000812. The molecule has 0 bridgehead atoms. The van der Waals surface area contributed by atoms with Gasteiger partial charge in [-0.25, -0.2) is 9.59 Å². The maximum atomic E-state index is 13.5. The Morgan fingerprint density at radius 2 is 1.37 bits per heavy atom. The molecule has 0 saturated carbocycles. The van der Waals surface area contributed by atoms with Crippen LogP contribution in [0.3, 0.4) is 0 Å². The van der Waals surface area contributed by atoms with Gasteiger partial charge in [-0.2, -0.15) is 26.3 Å². The Hall–Kier alpha value is -5.24. The molecule has 0 atom stereocenters. The molecular formula is C32H39F6N5O9. The third kappa shape index (κ3) is 16.2. The third-order valence-electron chi connectivity index (χ3n) is 6.92. The van der Waals surface area contributed by atoms with Crippen molar-refractivity contribution in [2.45, 2.75) is 63.8 Å². The lowest BCUT2D eigenvalue weighted by Crippen LogP contribution is -2.40. The van der Waals surface area contributed by atoms with E-state index in [0.717, 1.165) is 43.2 Å². The number of carbonyl (C=O) groups excluding carboxylic acids is 3. The zero-order valence-corrected chi connectivity index (χ0v) is 27.6. The molecule has 0 aromatic heterocycles. The van der Waals surface area contributed by atoms with Crippen LogP contribution in [0, 0.1) is 0 Å². The maximum absolute atomic E-state index is 13.5. The van der Waals surface area contributed by atoms with Crippen LogP contribution in [-0.2, 0) is 36.9 Å². The second-order valence-corrected chi connectivity index (χ2v) is 11.0. The molecule has 0 unspecified atom stereocenters. The standard InChI is InChI=1S/C28H37N5O5.2C2HF3O2/c29-13-4-2-1-3-6-20-9-10-24-23(17-20)28(38)32(15-12-27(36)37)19-26(35)33(24)18-21-7-5-8-22(16-21)31-25(34)11-14-30;2*3-2(4,5)1(6)7/h5,7-10,16-17H,1-4,6,11-15,18-19,29-30H2,(H,31,34)(H,36,37);2*(H,6,7). The van der Waals surface area contributed by atoms with Gasteiger partial charge >= 0.3 is 30.3 Å². The summed E-state index contributed by atoms with van der Waals surface area (Å²) in [7, 11) is 0. The number of unbranched alkanes of at least 4 members (excludes halogenated alkanes) is 3. The van der Waals surface area contributed by atoms with Gasteiger partial charge in [0.2, 0.25) is 11.8 Å². The van der Waals surface area contributed by atoms with E-state index in [1.165, 1.54) is 4.90 Å². The van der Waals surface area contributed by atoms with Gasteiger partial charge in [0, 0.05) is 25.2 Å². The van der Waals surface area contributed by atoms with E-state index in [4.69, 9.17) is 36.4 Å². The first-order valence-corrected chi connectivity index (χ1v) is 15.5. The van der Waals surface area contributed by atoms with Crippen LogP contribution in [0.25, 0.3) is 0 Å². The number of rotatable bonds is 14. The molecule has 1 heterocycles. The minimum atomic E-state index is -5.08. The summed E-state index contributed by atoms with van der Waals surface area (Å²) < 4.78 is 63.5. The fourth-order valence-electron chi connectivity index (χ4n) is 4.47. The van der Waals surface area contributed by atoms with Crippen LogP contribution in [0.4, 0.5) is 37.7 Å². The number of alkyl halides is 6. The molecule has 0 aliphatic carbocycles. The third-order valence-corrected chi connectivity index (χ3v) is 6.92. The van der Waals surface area contributed by atoms with Crippen LogP contribution >= 0.6 is 0 Å². The number of hydrogen-bond acceptors (Lipinski definition) is 8. The Labute approximate surface area is 293 Å². The number of nitrogens with zero attached hydrogens (tertiary/aromatic N) is 2. The quantitative estimate of drug-likeness (QED) is 0.120. The molecule has 0 spiro atoms. The number of fused-ring (bicyclic) bond motifs is 1. The predicted octanol–water partition coefficient (Wildman–Crippen LogP) is 3.77. The predicted molar refractivity (Wildman–Crippen MR) is 173 cm³/mol. The molecule has 1 aliphatic heterocycles. The first-order chi connectivity index (χ1) is 24.2. The number of carboxylic acids is 3. The largest absolute Gasteiger partial charge is 0.490 e. The highest BCUT2D eigenvalue weighted by atomic mass is 19.4. The van der Waals surface area contributed by atoms with Gasteiger partial charge in [0.05, 0.1) is 24.2 Å². The molecule has 288 valence electrons. The molecule has 0 fully saturated rings. The van der Waals surface area contributed by atoms with Crippen molar-refractivity contribution >= 4 is 47.0 Å². The molecule has 3 amide bonds. The topological polar surface area (TPSA) is 234 Å². The Bertz CT molecular complexity index is 1530. The van der Waals surface area contributed by atoms with Crippen LogP contribution in [0.5, 0.6) is 0 Å². The zero-order chi connectivity index (χ0) is 39.6. The summed E-state index contributed by atoms with van der Waals surface area (Å²) in [4.78, 5) is 70.7. The Kier molecular flexibility index (Phi) is 18.3. The highest BCUT2D eigenvalue weighted by molar-refractivity contribution is 6.09. The molecule has 2 aromatic carbocycles. The fraction of sp³-hybridized carbons (Fsp3) is 0.438. The van der Waals surface area contributed by atoms with Crippen molar-refractivity contribution in [2.75, 3.05) is 36.4 Å². The summed E-state index contributed by atoms with van der Waals surface area (Å²) in [5.41, 5.74) is 14.2. The van der Waals surface area contributed by atoms with Crippen molar-refractivity contribution in [1.82, 2.24) is 4.90 Å². The fourth-order valence-corrected chi connectivity index (χ4v) is 4.47. The van der Waals surface area contributed by atoms with E-state index in [-0.39, 0.29) is 56.7 Å². The van der Waals surface area contributed by atoms with Crippen molar-refractivity contribution in [1.29, 1.82) is 0 Å².